The van der Waals surface area contributed by atoms with Gasteiger partial charge in [-0.2, -0.15) is 5.90 Å². The second-order valence-corrected chi connectivity index (χ2v) is 5.26. The number of aliphatic hydroxyl groups excluding tert-OH is 1. The topological polar surface area (TPSA) is 72.5 Å². The van der Waals surface area contributed by atoms with Gasteiger partial charge in [0.2, 0.25) is 0 Å². The second-order valence-electron chi connectivity index (χ2n) is 5.26. The zero-order chi connectivity index (χ0) is 14.3. The van der Waals surface area contributed by atoms with E-state index in [0.29, 0.717) is 12.8 Å². The lowest BCUT2D eigenvalue weighted by atomic mass is 9.96. The van der Waals surface area contributed by atoms with Crippen LogP contribution in [-0.2, 0) is 9.63 Å². The molecule has 4 nitrogen and oxygen atoms in total. The molecular formula is C15H31NO3. The van der Waals surface area contributed by atoms with E-state index in [-0.39, 0.29) is 18.5 Å². The molecule has 19 heavy (non-hydrogen) atoms. The normalized spacial score (nSPS) is 12.4. The number of hydrogen-bond donors (Lipinski definition) is 2. The van der Waals surface area contributed by atoms with Crippen LogP contribution in [0, 0.1) is 5.92 Å². The Morgan fingerprint density at radius 1 is 1.00 bits per heavy atom. The molecular weight excluding hydrogens is 242 g/mol. The molecule has 0 aromatic heterocycles. The summed E-state index contributed by atoms with van der Waals surface area (Å²) in [5, 5.41) is 8.80. The molecule has 1 atom stereocenters. The van der Waals surface area contributed by atoms with E-state index in [4.69, 9.17) is 11.0 Å². The molecule has 0 rings (SSSR count). The van der Waals surface area contributed by atoms with Gasteiger partial charge in [0.1, 0.15) is 0 Å². The molecule has 0 aliphatic rings. The van der Waals surface area contributed by atoms with Crippen LogP contribution in [0.1, 0.15) is 77.6 Å². The van der Waals surface area contributed by atoms with Gasteiger partial charge in [0.05, 0.1) is 5.92 Å². The highest BCUT2D eigenvalue weighted by atomic mass is 16.7. The maximum absolute atomic E-state index is 11.4. The van der Waals surface area contributed by atoms with E-state index < -0.39 is 0 Å². The van der Waals surface area contributed by atoms with Gasteiger partial charge in [0.25, 0.3) is 0 Å². The molecule has 0 amide bonds. The Hall–Kier alpha value is -0.610. The molecule has 0 fully saturated rings. The van der Waals surface area contributed by atoms with Gasteiger partial charge in [-0.15, -0.1) is 0 Å². The first-order valence-corrected chi connectivity index (χ1v) is 7.77. The highest BCUT2D eigenvalue weighted by molar-refractivity contribution is 5.71. The number of hydrogen-bond acceptors (Lipinski definition) is 4. The molecule has 0 aromatic carbocycles. The van der Waals surface area contributed by atoms with Crippen molar-refractivity contribution in [2.75, 3.05) is 6.61 Å². The molecule has 4 heteroatoms. The van der Waals surface area contributed by atoms with Crippen molar-refractivity contribution in [3.63, 3.8) is 0 Å². The van der Waals surface area contributed by atoms with Crippen LogP contribution in [0.4, 0.5) is 0 Å². The standard InChI is InChI=1S/C15H31NO3/c1-2-3-4-5-6-7-8-9-11-14(12-10-13-17)15(18)19-16/h14,17H,2-13,16H2,1H3. The molecule has 114 valence electrons. The zero-order valence-electron chi connectivity index (χ0n) is 12.4. The van der Waals surface area contributed by atoms with Crippen LogP contribution in [0.3, 0.4) is 0 Å². The Morgan fingerprint density at radius 2 is 1.53 bits per heavy atom. The van der Waals surface area contributed by atoms with Gasteiger partial charge in [-0.3, -0.25) is 4.79 Å². The third-order valence-corrected chi connectivity index (χ3v) is 3.57. The van der Waals surface area contributed by atoms with Gasteiger partial charge in [0.15, 0.2) is 0 Å². The van der Waals surface area contributed by atoms with Gasteiger partial charge in [-0.1, -0.05) is 58.3 Å². The molecule has 0 aliphatic carbocycles. The van der Waals surface area contributed by atoms with E-state index in [2.05, 4.69) is 11.8 Å². The highest BCUT2D eigenvalue weighted by Gasteiger charge is 2.18. The van der Waals surface area contributed by atoms with E-state index in [0.717, 1.165) is 12.8 Å². The third-order valence-electron chi connectivity index (χ3n) is 3.57. The van der Waals surface area contributed by atoms with Gasteiger partial charge in [-0.25, -0.2) is 0 Å². The maximum atomic E-state index is 11.4. The third kappa shape index (κ3) is 11.0. The number of rotatable bonds is 13. The van der Waals surface area contributed by atoms with Gasteiger partial charge in [-0.05, 0) is 19.3 Å². The second kappa shape index (κ2) is 13.8. The van der Waals surface area contributed by atoms with Crippen molar-refractivity contribution >= 4 is 5.97 Å². The molecule has 0 aliphatic heterocycles. The average molecular weight is 273 g/mol. The predicted molar refractivity (Wildman–Crippen MR) is 77.3 cm³/mol. The molecule has 0 aromatic rings. The maximum Gasteiger partial charge on any atom is 0.327 e. The zero-order valence-corrected chi connectivity index (χ0v) is 12.4. The minimum Gasteiger partial charge on any atom is -0.396 e. The highest BCUT2D eigenvalue weighted by Crippen LogP contribution is 2.18. The molecule has 0 bridgehead atoms. The summed E-state index contributed by atoms with van der Waals surface area (Å²) in [6, 6.07) is 0. The Bertz CT molecular complexity index is 210. The van der Waals surface area contributed by atoms with Crippen LogP contribution in [0.15, 0.2) is 0 Å². The van der Waals surface area contributed by atoms with E-state index in [1.165, 1.54) is 44.9 Å². The summed E-state index contributed by atoms with van der Waals surface area (Å²) >= 11 is 0. The first kappa shape index (κ1) is 18.4. The molecule has 0 spiro atoms. The fraction of sp³-hybridized carbons (Fsp3) is 0.933. The molecule has 0 heterocycles. The van der Waals surface area contributed by atoms with Gasteiger partial charge >= 0.3 is 5.97 Å². The summed E-state index contributed by atoms with van der Waals surface area (Å²) in [5.74, 6) is 4.45. The minimum atomic E-state index is -0.337. The Labute approximate surface area is 117 Å². The van der Waals surface area contributed by atoms with Crippen molar-refractivity contribution in [3.8, 4) is 0 Å². The molecule has 0 saturated heterocycles. The smallest absolute Gasteiger partial charge is 0.327 e. The quantitative estimate of drug-likeness (QED) is 0.399. The van der Waals surface area contributed by atoms with E-state index >= 15 is 0 Å². The monoisotopic (exact) mass is 273 g/mol. The van der Waals surface area contributed by atoms with E-state index in [1.54, 1.807) is 0 Å². The minimum absolute atomic E-state index is 0.117. The first-order valence-electron chi connectivity index (χ1n) is 7.77. The number of carbonyl (C=O) groups is 1. The molecule has 1 unspecified atom stereocenters. The van der Waals surface area contributed by atoms with Crippen molar-refractivity contribution in [1.82, 2.24) is 0 Å². The largest absolute Gasteiger partial charge is 0.396 e. The van der Waals surface area contributed by atoms with Crippen LogP contribution in [0.5, 0.6) is 0 Å². The van der Waals surface area contributed by atoms with Crippen molar-refractivity contribution < 1.29 is 14.7 Å². The summed E-state index contributed by atoms with van der Waals surface area (Å²) in [7, 11) is 0. The van der Waals surface area contributed by atoms with Crippen LogP contribution in [0.2, 0.25) is 0 Å². The van der Waals surface area contributed by atoms with Crippen LogP contribution >= 0.6 is 0 Å². The van der Waals surface area contributed by atoms with E-state index in [9.17, 15) is 4.79 Å². The van der Waals surface area contributed by atoms with Gasteiger partial charge < -0.3 is 9.94 Å². The van der Waals surface area contributed by atoms with Gasteiger partial charge in [0, 0.05) is 6.61 Å². The summed E-state index contributed by atoms with van der Waals surface area (Å²) in [6.45, 7) is 2.34. The van der Waals surface area contributed by atoms with Crippen molar-refractivity contribution in [2.45, 2.75) is 77.6 Å². The number of carbonyl (C=O) groups excluding carboxylic acids is 1. The molecule has 3 N–H and O–H groups in total. The van der Waals surface area contributed by atoms with E-state index in [1.807, 2.05) is 0 Å². The summed E-state index contributed by atoms with van der Waals surface area (Å²) < 4.78 is 0. The summed E-state index contributed by atoms with van der Waals surface area (Å²) in [6.07, 6.45) is 12.2. The lowest BCUT2D eigenvalue weighted by molar-refractivity contribution is -0.149. The average Bonchev–Trinajstić information content (AvgIpc) is 2.44. The van der Waals surface area contributed by atoms with Crippen molar-refractivity contribution in [2.24, 2.45) is 11.8 Å². The fourth-order valence-electron chi connectivity index (χ4n) is 2.34. The number of aliphatic hydroxyl groups is 1. The number of unbranched alkanes of at least 4 members (excludes halogenated alkanes) is 7. The summed E-state index contributed by atoms with van der Waals surface area (Å²) in [5.41, 5.74) is 0. The van der Waals surface area contributed by atoms with Crippen molar-refractivity contribution in [1.29, 1.82) is 0 Å². The SMILES string of the molecule is CCCCCCCCCCC(CCCO)C(=O)ON. The molecule has 0 saturated carbocycles. The lowest BCUT2D eigenvalue weighted by Gasteiger charge is -2.13. The Balaban J connectivity index is 3.55. The fourth-order valence-corrected chi connectivity index (χ4v) is 2.34. The predicted octanol–water partition coefficient (Wildman–Crippen LogP) is 3.32. The Kier molecular flexibility index (Phi) is 13.4. The van der Waals surface area contributed by atoms with Crippen LogP contribution < -0.4 is 5.90 Å². The molecule has 0 radical (unpaired) electrons. The first-order chi connectivity index (χ1) is 9.26. The number of nitrogens with two attached hydrogens (primary N) is 1. The lowest BCUT2D eigenvalue weighted by Crippen LogP contribution is -2.21. The summed E-state index contributed by atoms with van der Waals surface area (Å²) in [4.78, 5) is 15.7. The van der Waals surface area contributed by atoms with Crippen LogP contribution in [0.25, 0.3) is 0 Å². The van der Waals surface area contributed by atoms with Crippen LogP contribution in [-0.4, -0.2) is 17.7 Å². The van der Waals surface area contributed by atoms with Crippen molar-refractivity contribution in [3.05, 3.63) is 0 Å². The Morgan fingerprint density at radius 3 is 2.05 bits per heavy atom.